The lowest BCUT2D eigenvalue weighted by Crippen LogP contribution is -2.56. The Labute approximate surface area is 339 Å². The van der Waals surface area contributed by atoms with Crippen molar-refractivity contribution in [2.45, 2.75) is 111 Å². The zero-order chi connectivity index (χ0) is 40.9. The first-order chi connectivity index (χ1) is 27.5. The summed E-state index contributed by atoms with van der Waals surface area (Å²) in [6.45, 7) is 17.0. The summed E-state index contributed by atoms with van der Waals surface area (Å²) in [6.07, 6.45) is 5.24. The number of urea groups is 1. The summed E-state index contributed by atoms with van der Waals surface area (Å²) in [7, 11) is 0. The molecule has 2 aromatic rings. The number of amides is 4. The van der Waals surface area contributed by atoms with E-state index in [9.17, 15) is 24.3 Å². The minimum Gasteiger partial charge on any atom is -0.507 e. The van der Waals surface area contributed by atoms with Gasteiger partial charge in [-0.1, -0.05) is 57.5 Å². The van der Waals surface area contributed by atoms with Crippen LogP contribution >= 0.6 is 0 Å². The van der Waals surface area contributed by atoms with Crippen molar-refractivity contribution in [2.75, 3.05) is 77.4 Å². The van der Waals surface area contributed by atoms with E-state index in [0.717, 1.165) is 75.2 Å². The van der Waals surface area contributed by atoms with E-state index in [1.165, 1.54) is 6.42 Å². The van der Waals surface area contributed by atoms with E-state index < -0.39 is 12.2 Å². The molecule has 2 N–H and O–H groups in total. The molecule has 13 nitrogen and oxygen atoms in total. The molecule has 4 amide bonds. The molecule has 2 aromatic carbocycles. The van der Waals surface area contributed by atoms with Gasteiger partial charge >= 0.3 is 18.1 Å². The summed E-state index contributed by atoms with van der Waals surface area (Å²) in [5.74, 6) is -0.110. The molecule has 1 atom stereocenters. The number of aryl methyl sites for hydroxylation is 2. The fourth-order valence-corrected chi connectivity index (χ4v) is 8.41. The molecule has 0 radical (unpaired) electrons. The number of carbonyl (C=O) groups is 4. The molecule has 13 heteroatoms. The molecule has 314 valence electrons. The minimum absolute atomic E-state index is 0.00150. The number of fused-ring (bicyclic) bond motifs is 1. The molecule has 0 bridgehead atoms. The molecule has 57 heavy (non-hydrogen) atoms. The molecule has 6 rings (SSSR count). The summed E-state index contributed by atoms with van der Waals surface area (Å²) in [5, 5.41) is 13.4. The summed E-state index contributed by atoms with van der Waals surface area (Å²) < 4.78 is 11.3. The van der Waals surface area contributed by atoms with E-state index in [0.29, 0.717) is 75.8 Å². The predicted octanol–water partition coefficient (Wildman–Crippen LogP) is 5.98. The molecule has 3 fully saturated rings. The number of anilines is 1. The van der Waals surface area contributed by atoms with Crippen LogP contribution in [-0.4, -0.2) is 144 Å². The molecule has 0 spiro atoms. The highest BCUT2D eigenvalue weighted by atomic mass is 16.6. The molecule has 0 aliphatic carbocycles. The number of aromatic hydroxyl groups is 1. The second-order valence-electron chi connectivity index (χ2n) is 16.0. The summed E-state index contributed by atoms with van der Waals surface area (Å²) in [6, 6.07) is 11.9. The normalized spacial score (nSPS) is 19.1. The van der Waals surface area contributed by atoms with E-state index in [4.69, 9.17) is 9.47 Å². The van der Waals surface area contributed by atoms with Crippen molar-refractivity contribution in [1.29, 1.82) is 0 Å². The van der Waals surface area contributed by atoms with Gasteiger partial charge in [0.2, 0.25) is 0 Å². The lowest BCUT2D eigenvalue weighted by Gasteiger charge is -2.43. The molecular formula is C44H66N6O7. The van der Waals surface area contributed by atoms with Gasteiger partial charge in [-0.3, -0.25) is 14.5 Å². The molecule has 0 unspecified atom stereocenters. The Morgan fingerprint density at radius 1 is 0.842 bits per heavy atom. The smallest absolute Gasteiger partial charge is 0.410 e. The average molecular weight is 791 g/mol. The van der Waals surface area contributed by atoms with E-state index in [2.05, 4.69) is 29.0 Å². The van der Waals surface area contributed by atoms with E-state index in [1.807, 2.05) is 67.0 Å². The first-order valence-corrected chi connectivity index (χ1v) is 21.3. The second kappa shape index (κ2) is 21.4. The fraction of sp³-hybridized carbons (Fsp3) is 0.636. The Morgan fingerprint density at radius 2 is 1.47 bits per heavy atom. The highest BCUT2D eigenvalue weighted by Gasteiger charge is 2.36. The number of benzene rings is 2. The molecule has 4 aliphatic rings. The van der Waals surface area contributed by atoms with Crippen molar-refractivity contribution in [3.05, 3.63) is 58.7 Å². The number of piperazine rings is 1. The van der Waals surface area contributed by atoms with Crippen molar-refractivity contribution in [3.63, 3.8) is 0 Å². The SMILES string of the molecule is CCC.CCCOC(=O)CCN1CCC(N2CCN(C(=O)[C@@H](Cc3cc(C)c(O)c(C)c3)OC(=O)N3CCC(N4CCc5ccccc5NC4=O)CC3)CC2)CC1. The Hall–Kier alpha value is -4.36. The maximum atomic E-state index is 14.2. The van der Waals surface area contributed by atoms with Gasteiger partial charge in [0.15, 0.2) is 6.10 Å². The molecule has 0 saturated carbocycles. The number of esters is 1. The summed E-state index contributed by atoms with van der Waals surface area (Å²) >= 11 is 0. The Morgan fingerprint density at radius 3 is 2.12 bits per heavy atom. The molecule has 4 aliphatic heterocycles. The van der Waals surface area contributed by atoms with Crippen molar-refractivity contribution in [3.8, 4) is 5.75 Å². The molecule has 3 saturated heterocycles. The largest absolute Gasteiger partial charge is 0.507 e. The van der Waals surface area contributed by atoms with Crippen LogP contribution in [0, 0.1) is 13.8 Å². The van der Waals surface area contributed by atoms with Gasteiger partial charge in [0.1, 0.15) is 5.75 Å². The number of likely N-dealkylation sites (tertiary alicyclic amines) is 2. The molecular weight excluding hydrogens is 725 g/mol. The quantitative estimate of drug-likeness (QED) is 0.264. The van der Waals surface area contributed by atoms with Crippen LogP contribution in [0.5, 0.6) is 5.75 Å². The monoisotopic (exact) mass is 790 g/mol. The lowest BCUT2D eigenvalue weighted by molar-refractivity contribution is -0.144. The van der Waals surface area contributed by atoms with E-state index >= 15 is 0 Å². The number of hydrogen-bond acceptors (Lipinski definition) is 9. The van der Waals surface area contributed by atoms with Crippen molar-refractivity contribution in [2.24, 2.45) is 0 Å². The third-order valence-electron chi connectivity index (χ3n) is 11.6. The van der Waals surface area contributed by atoms with Gasteiger partial charge in [0.05, 0.1) is 13.0 Å². The zero-order valence-electron chi connectivity index (χ0n) is 35.0. The van der Waals surface area contributed by atoms with Gasteiger partial charge in [-0.15, -0.1) is 0 Å². The summed E-state index contributed by atoms with van der Waals surface area (Å²) in [5.41, 5.74) is 4.21. The predicted molar refractivity (Wildman–Crippen MR) is 221 cm³/mol. The van der Waals surface area contributed by atoms with Crippen LogP contribution in [0.3, 0.4) is 0 Å². The third kappa shape index (κ3) is 12.1. The number of rotatable bonds is 11. The Balaban J connectivity index is 0.00000200. The number of hydrogen-bond donors (Lipinski definition) is 2. The number of ether oxygens (including phenoxy) is 2. The number of carbonyl (C=O) groups excluding carboxylic acids is 4. The highest BCUT2D eigenvalue weighted by molar-refractivity contribution is 5.91. The number of nitrogens with zero attached hydrogens (tertiary/aromatic N) is 5. The summed E-state index contributed by atoms with van der Waals surface area (Å²) in [4.78, 5) is 63.1. The fourth-order valence-electron chi connectivity index (χ4n) is 8.41. The van der Waals surface area contributed by atoms with Crippen LogP contribution < -0.4 is 5.32 Å². The van der Waals surface area contributed by atoms with Crippen LogP contribution in [0.2, 0.25) is 0 Å². The standard InChI is InChI=1S/C41H58N6O7.C3H8/c1-4-25-53-37(48)14-17-43-15-10-33(11-16-43)44-21-23-45(24-22-44)39(50)36(28-31-26-29(2)38(49)30(3)27-31)54-41(52)46-18-12-34(13-19-46)47-20-9-32-7-5-6-8-35(32)42-40(47)51;1-3-2/h5-8,26-27,33-34,36,49H,4,9-25,28H2,1-3H3,(H,42,51);3H2,1-2H3/t36-;/m1./s1. The number of piperidine rings is 2. The van der Waals surface area contributed by atoms with Gasteiger partial charge in [-0.05, 0) is 93.8 Å². The highest BCUT2D eigenvalue weighted by Crippen LogP contribution is 2.27. The number of para-hydroxylation sites is 1. The van der Waals surface area contributed by atoms with Crippen molar-refractivity contribution < 1.29 is 33.8 Å². The third-order valence-corrected chi connectivity index (χ3v) is 11.6. The Bertz CT molecular complexity index is 1620. The van der Waals surface area contributed by atoms with E-state index in [1.54, 1.807) is 4.90 Å². The number of phenolic OH excluding ortho intramolecular Hbond substituents is 1. The van der Waals surface area contributed by atoms with Crippen LogP contribution in [0.1, 0.15) is 88.0 Å². The first-order valence-electron chi connectivity index (χ1n) is 21.3. The first kappa shape index (κ1) is 43.8. The van der Waals surface area contributed by atoms with Crippen LogP contribution in [-0.2, 0) is 31.9 Å². The van der Waals surface area contributed by atoms with Gasteiger partial charge in [-0.2, -0.15) is 0 Å². The number of nitrogens with one attached hydrogen (secondary N) is 1. The van der Waals surface area contributed by atoms with Crippen molar-refractivity contribution >= 4 is 29.7 Å². The van der Waals surface area contributed by atoms with Gasteiger partial charge < -0.3 is 39.5 Å². The van der Waals surface area contributed by atoms with Crippen LogP contribution in [0.4, 0.5) is 15.3 Å². The van der Waals surface area contributed by atoms with Crippen LogP contribution in [0.25, 0.3) is 0 Å². The Kier molecular flexibility index (Phi) is 16.4. The maximum absolute atomic E-state index is 14.2. The lowest BCUT2D eigenvalue weighted by atomic mass is 10.00. The van der Waals surface area contributed by atoms with Gasteiger partial charge in [0, 0.05) is 76.5 Å². The molecule has 4 heterocycles. The maximum Gasteiger partial charge on any atom is 0.410 e. The van der Waals surface area contributed by atoms with Crippen molar-refractivity contribution in [1.82, 2.24) is 24.5 Å². The molecule has 0 aromatic heterocycles. The van der Waals surface area contributed by atoms with E-state index in [-0.39, 0.29) is 36.1 Å². The minimum atomic E-state index is -1.01. The topological polar surface area (TPSA) is 135 Å². The zero-order valence-corrected chi connectivity index (χ0v) is 35.0. The van der Waals surface area contributed by atoms with Gasteiger partial charge in [-0.25, -0.2) is 9.59 Å². The average Bonchev–Trinajstić information content (AvgIpc) is 3.39. The van der Waals surface area contributed by atoms with Gasteiger partial charge in [0.25, 0.3) is 5.91 Å². The second-order valence-corrected chi connectivity index (χ2v) is 16.0. The number of phenols is 1. The van der Waals surface area contributed by atoms with Crippen LogP contribution in [0.15, 0.2) is 36.4 Å².